The minimum atomic E-state index is -0.551. The van der Waals surface area contributed by atoms with Crippen LogP contribution >= 0.6 is 11.3 Å². The van der Waals surface area contributed by atoms with Crippen LogP contribution in [-0.2, 0) is 0 Å². The minimum Gasteiger partial charge on any atom is -0.387 e. The van der Waals surface area contributed by atoms with Crippen molar-refractivity contribution in [3.8, 4) is 0 Å². The fourth-order valence-electron chi connectivity index (χ4n) is 1.92. The van der Waals surface area contributed by atoms with Gasteiger partial charge in [0, 0.05) is 6.54 Å². The standard InChI is InChI=1S/C14H13N3OS/c18-12(10-4-2-1-3-5-10)8-15-13-11-6-7-19-14(11)17-9-16-13/h1-7,9,12,18H,8H2,(H,15,16,17)/t12-/m1/s1. The van der Waals surface area contributed by atoms with Crippen LogP contribution in [0.1, 0.15) is 11.7 Å². The SMILES string of the molecule is O[C@H](CNc1ncnc2sccc12)c1ccccc1. The topological polar surface area (TPSA) is 58.0 Å². The first-order valence-corrected chi connectivity index (χ1v) is 6.87. The Kier molecular flexibility index (Phi) is 3.39. The Morgan fingerprint density at radius 3 is 2.84 bits per heavy atom. The van der Waals surface area contributed by atoms with Gasteiger partial charge in [-0.2, -0.15) is 0 Å². The largest absolute Gasteiger partial charge is 0.387 e. The first-order chi connectivity index (χ1) is 9.34. The van der Waals surface area contributed by atoms with Crippen molar-refractivity contribution in [1.29, 1.82) is 0 Å². The summed E-state index contributed by atoms with van der Waals surface area (Å²) in [6.07, 6.45) is 0.987. The van der Waals surface area contributed by atoms with Gasteiger partial charge in [0.2, 0.25) is 0 Å². The Bertz CT molecular complexity index is 669. The second-order valence-corrected chi connectivity index (χ2v) is 5.06. The molecule has 2 N–H and O–H groups in total. The molecule has 1 aromatic carbocycles. The maximum absolute atomic E-state index is 10.1. The number of fused-ring (bicyclic) bond motifs is 1. The Morgan fingerprint density at radius 2 is 2.00 bits per heavy atom. The van der Waals surface area contributed by atoms with Crippen LogP contribution in [0.15, 0.2) is 48.1 Å². The number of nitrogens with one attached hydrogen (secondary N) is 1. The van der Waals surface area contributed by atoms with Crippen LogP contribution in [0.25, 0.3) is 10.2 Å². The average molecular weight is 271 g/mol. The number of rotatable bonds is 4. The third-order valence-electron chi connectivity index (χ3n) is 2.91. The van der Waals surface area contributed by atoms with Crippen LogP contribution in [0.3, 0.4) is 0 Å². The van der Waals surface area contributed by atoms with Crippen LogP contribution in [0.5, 0.6) is 0 Å². The number of aromatic nitrogens is 2. The predicted molar refractivity (Wildman–Crippen MR) is 77.3 cm³/mol. The molecule has 2 aromatic heterocycles. The third kappa shape index (κ3) is 2.57. The molecule has 0 spiro atoms. The summed E-state index contributed by atoms with van der Waals surface area (Å²) >= 11 is 1.58. The highest BCUT2D eigenvalue weighted by Gasteiger charge is 2.09. The second kappa shape index (κ2) is 5.34. The molecule has 0 saturated heterocycles. The number of hydrogen-bond donors (Lipinski definition) is 2. The number of hydrogen-bond acceptors (Lipinski definition) is 5. The minimum absolute atomic E-state index is 0.423. The number of benzene rings is 1. The summed E-state index contributed by atoms with van der Waals surface area (Å²) in [5, 5.41) is 16.3. The van der Waals surface area contributed by atoms with E-state index in [1.165, 1.54) is 6.33 Å². The molecular weight excluding hydrogens is 258 g/mol. The van der Waals surface area contributed by atoms with E-state index in [0.29, 0.717) is 6.54 Å². The quantitative estimate of drug-likeness (QED) is 0.766. The summed E-state index contributed by atoms with van der Waals surface area (Å²) in [4.78, 5) is 9.36. The molecule has 0 saturated carbocycles. The van der Waals surface area contributed by atoms with Gasteiger partial charge in [0.1, 0.15) is 17.0 Å². The molecule has 0 fully saturated rings. The van der Waals surface area contributed by atoms with Crippen molar-refractivity contribution in [2.24, 2.45) is 0 Å². The van der Waals surface area contributed by atoms with Crippen LogP contribution < -0.4 is 5.32 Å². The van der Waals surface area contributed by atoms with E-state index < -0.39 is 6.10 Å². The molecule has 5 heteroatoms. The van der Waals surface area contributed by atoms with Crippen molar-refractivity contribution >= 4 is 27.4 Å². The molecule has 0 aliphatic rings. The summed E-state index contributed by atoms with van der Waals surface area (Å²) in [6.45, 7) is 0.423. The van der Waals surface area contributed by atoms with E-state index in [2.05, 4.69) is 15.3 Å². The fourth-order valence-corrected chi connectivity index (χ4v) is 2.65. The van der Waals surface area contributed by atoms with E-state index in [1.54, 1.807) is 11.3 Å². The van der Waals surface area contributed by atoms with Crippen LogP contribution in [0.2, 0.25) is 0 Å². The zero-order chi connectivity index (χ0) is 13.1. The van der Waals surface area contributed by atoms with Gasteiger partial charge in [-0.25, -0.2) is 9.97 Å². The van der Waals surface area contributed by atoms with Crippen LogP contribution in [-0.4, -0.2) is 21.6 Å². The Balaban J connectivity index is 1.74. The van der Waals surface area contributed by atoms with E-state index in [9.17, 15) is 5.11 Å². The summed E-state index contributed by atoms with van der Waals surface area (Å²) in [6, 6.07) is 11.6. The van der Waals surface area contributed by atoms with Gasteiger partial charge in [0.25, 0.3) is 0 Å². The highest BCUT2D eigenvalue weighted by molar-refractivity contribution is 7.16. The molecule has 0 aliphatic carbocycles. The van der Waals surface area contributed by atoms with Crippen molar-refractivity contribution in [3.05, 3.63) is 53.7 Å². The fraction of sp³-hybridized carbons (Fsp3) is 0.143. The second-order valence-electron chi connectivity index (χ2n) is 4.17. The van der Waals surface area contributed by atoms with Gasteiger partial charge < -0.3 is 10.4 Å². The maximum Gasteiger partial charge on any atom is 0.138 e. The van der Waals surface area contributed by atoms with Gasteiger partial charge in [-0.15, -0.1) is 11.3 Å². The lowest BCUT2D eigenvalue weighted by molar-refractivity contribution is 0.191. The Labute approximate surface area is 114 Å². The number of aliphatic hydroxyl groups excluding tert-OH is 1. The molecule has 3 rings (SSSR count). The average Bonchev–Trinajstić information content (AvgIpc) is 2.94. The number of aliphatic hydroxyl groups is 1. The molecular formula is C14H13N3OS. The van der Waals surface area contributed by atoms with Crippen LogP contribution in [0, 0.1) is 0 Å². The lowest BCUT2D eigenvalue weighted by Crippen LogP contribution is -2.13. The molecule has 96 valence electrons. The van der Waals surface area contributed by atoms with Gasteiger partial charge in [-0.3, -0.25) is 0 Å². The molecule has 4 nitrogen and oxygen atoms in total. The lowest BCUT2D eigenvalue weighted by atomic mass is 10.1. The van der Waals surface area contributed by atoms with Gasteiger partial charge in [-0.1, -0.05) is 30.3 Å². The van der Waals surface area contributed by atoms with Crippen LogP contribution in [0.4, 0.5) is 5.82 Å². The predicted octanol–water partition coefficient (Wildman–Crippen LogP) is 2.84. The van der Waals surface area contributed by atoms with Gasteiger partial charge in [-0.05, 0) is 17.0 Å². The molecule has 0 amide bonds. The van der Waals surface area contributed by atoms with Crippen molar-refractivity contribution in [3.63, 3.8) is 0 Å². The van der Waals surface area contributed by atoms with E-state index in [-0.39, 0.29) is 0 Å². The van der Waals surface area contributed by atoms with Crippen molar-refractivity contribution < 1.29 is 5.11 Å². The molecule has 1 atom stereocenters. The zero-order valence-electron chi connectivity index (χ0n) is 10.2. The van der Waals surface area contributed by atoms with Crippen molar-refractivity contribution in [1.82, 2.24) is 9.97 Å². The molecule has 0 bridgehead atoms. The van der Waals surface area contributed by atoms with Crippen molar-refractivity contribution in [2.45, 2.75) is 6.10 Å². The van der Waals surface area contributed by atoms with E-state index >= 15 is 0 Å². The van der Waals surface area contributed by atoms with E-state index in [0.717, 1.165) is 21.6 Å². The molecule has 0 aliphatic heterocycles. The molecule has 0 radical (unpaired) electrons. The van der Waals surface area contributed by atoms with Gasteiger partial charge >= 0.3 is 0 Å². The summed E-state index contributed by atoms with van der Waals surface area (Å²) < 4.78 is 0. The first-order valence-electron chi connectivity index (χ1n) is 5.99. The molecule has 3 aromatic rings. The van der Waals surface area contributed by atoms with Crippen molar-refractivity contribution in [2.75, 3.05) is 11.9 Å². The third-order valence-corrected chi connectivity index (χ3v) is 3.73. The Morgan fingerprint density at radius 1 is 1.16 bits per heavy atom. The molecule has 2 heterocycles. The summed E-state index contributed by atoms with van der Waals surface area (Å²) in [7, 11) is 0. The summed E-state index contributed by atoms with van der Waals surface area (Å²) in [5.74, 6) is 0.765. The zero-order valence-corrected chi connectivity index (χ0v) is 11.0. The normalized spacial score (nSPS) is 12.5. The molecule has 0 unspecified atom stereocenters. The smallest absolute Gasteiger partial charge is 0.138 e. The first kappa shape index (κ1) is 12.1. The number of anilines is 1. The molecule has 19 heavy (non-hydrogen) atoms. The highest BCUT2D eigenvalue weighted by Crippen LogP contribution is 2.24. The monoisotopic (exact) mass is 271 g/mol. The van der Waals surface area contributed by atoms with E-state index in [1.807, 2.05) is 41.8 Å². The number of thiophene rings is 1. The lowest BCUT2D eigenvalue weighted by Gasteiger charge is -2.12. The highest BCUT2D eigenvalue weighted by atomic mass is 32.1. The summed E-state index contributed by atoms with van der Waals surface area (Å²) in [5.41, 5.74) is 0.894. The maximum atomic E-state index is 10.1. The van der Waals surface area contributed by atoms with E-state index in [4.69, 9.17) is 0 Å². The number of nitrogens with zero attached hydrogens (tertiary/aromatic N) is 2. The van der Waals surface area contributed by atoms with Gasteiger partial charge in [0.05, 0.1) is 11.5 Å². The Hall–Kier alpha value is -1.98. The van der Waals surface area contributed by atoms with Gasteiger partial charge in [0.15, 0.2) is 0 Å².